The SMILES string of the molecule is CC(C)c1ncc(-c2cnco2)s1. The van der Waals surface area contributed by atoms with E-state index in [1.165, 1.54) is 6.39 Å². The molecule has 3 nitrogen and oxygen atoms in total. The summed E-state index contributed by atoms with van der Waals surface area (Å²) in [4.78, 5) is 9.21. The molecule has 2 heterocycles. The van der Waals surface area contributed by atoms with E-state index in [0.29, 0.717) is 5.92 Å². The van der Waals surface area contributed by atoms with E-state index in [0.717, 1.165) is 15.6 Å². The smallest absolute Gasteiger partial charge is 0.181 e. The minimum atomic E-state index is 0.474. The van der Waals surface area contributed by atoms with Gasteiger partial charge in [0.25, 0.3) is 0 Å². The van der Waals surface area contributed by atoms with Crippen molar-refractivity contribution in [1.29, 1.82) is 0 Å². The summed E-state index contributed by atoms with van der Waals surface area (Å²) in [6, 6.07) is 0. The van der Waals surface area contributed by atoms with Crippen molar-refractivity contribution in [2.45, 2.75) is 19.8 Å². The van der Waals surface area contributed by atoms with E-state index in [4.69, 9.17) is 4.42 Å². The summed E-state index contributed by atoms with van der Waals surface area (Å²) in [5.41, 5.74) is 0. The van der Waals surface area contributed by atoms with Crippen LogP contribution in [0.5, 0.6) is 0 Å². The van der Waals surface area contributed by atoms with Gasteiger partial charge in [-0.15, -0.1) is 11.3 Å². The molecule has 4 heteroatoms. The standard InChI is InChI=1S/C9H10N2OS/c1-6(2)9-11-4-8(13-9)7-3-10-5-12-7/h3-6H,1-2H3. The summed E-state index contributed by atoms with van der Waals surface area (Å²) >= 11 is 1.65. The molecule has 0 unspecified atom stereocenters. The minimum Gasteiger partial charge on any atom is -0.443 e. The van der Waals surface area contributed by atoms with E-state index in [1.54, 1.807) is 17.5 Å². The molecule has 13 heavy (non-hydrogen) atoms. The lowest BCUT2D eigenvalue weighted by Crippen LogP contribution is -1.81. The Labute approximate surface area is 80.5 Å². The van der Waals surface area contributed by atoms with Gasteiger partial charge in [-0.1, -0.05) is 13.8 Å². The van der Waals surface area contributed by atoms with Crippen LogP contribution in [0.1, 0.15) is 24.8 Å². The Morgan fingerprint density at radius 3 is 2.77 bits per heavy atom. The molecule has 0 N–H and O–H groups in total. The first kappa shape index (κ1) is 8.44. The Morgan fingerprint density at radius 2 is 2.23 bits per heavy atom. The molecule has 2 aromatic rings. The Kier molecular flexibility index (Phi) is 2.14. The van der Waals surface area contributed by atoms with Crippen molar-refractivity contribution in [1.82, 2.24) is 9.97 Å². The second-order valence-electron chi connectivity index (χ2n) is 3.08. The van der Waals surface area contributed by atoms with Crippen molar-refractivity contribution in [3.05, 3.63) is 23.8 Å². The maximum absolute atomic E-state index is 5.17. The van der Waals surface area contributed by atoms with Gasteiger partial charge in [0, 0.05) is 12.1 Å². The van der Waals surface area contributed by atoms with Crippen LogP contribution in [0.3, 0.4) is 0 Å². The first-order valence-electron chi connectivity index (χ1n) is 4.12. The van der Waals surface area contributed by atoms with Gasteiger partial charge in [0.2, 0.25) is 0 Å². The summed E-state index contributed by atoms with van der Waals surface area (Å²) in [5, 5.41) is 1.13. The zero-order chi connectivity index (χ0) is 9.26. The molecule has 0 aliphatic rings. The number of aromatic nitrogens is 2. The molecule has 0 aromatic carbocycles. The Hall–Kier alpha value is -1.16. The summed E-state index contributed by atoms with van der Waals surface area (Å²) in [6.45, 7) is 4.26. The first-order valence-corrected chi connectivity index (χ1v) is 4.93. The van der Waals surface area contributed by atoms with Crippen LogP contribution >= 0.6 is 11.3 Å². The lowest BCUT2D eigenvalue weighted by Gasteiger charge is -1.94. The minimum absolute atomic E-state index is 0.474. The topological polar surface area (TPSA) is 38.9 Å². The molecule has 0 saturated heterocycles. The van der Waals surface area contributed by atoms with Gasteiger partial charge < -0.3 is 4.42 Å². The van der Waals surface area contributed by atoms with Gasteiger partial charge in [-0.3, -0.25) is 0 Å². The highest BCUT2D eigenvalue weighted by Gasteiger charge is 2.08. The fourth-order valence-corrected chi connectivity index (χ4v) is 1.88. The second kappa shape index (κ2) is 3.30. The molecule has 68 valence electrons. The van der Waals surface area contributed by atoms with Gasteiger partial charge in [-0.05, 0) is 0 Å². The summed E-state index contributed by atoms with van der Waals surface area (Å²) in [5.74, 6) is 1.27. The molecule has 0 radical (unpaired) electrons. The Morgan fingerprint density at radius 1 is 1.38 bits per heavy atom. The molecule has 0 fully saturated rings. The quantitative estimate of drug-likeness (QED) is 0.737. The summed E-state index contributed by atoms with van der Waals surface area (Å²) in [7, 11) is 0. The fourth-order valence-electron chi connectivity index (χ4n) is 1.01. The van der Waals surface area contributed by atoms with Crippen LogP contribution in [0.15, 0.2) is 23.2 Å². The largest absolute Gasteiger partial charge is 0.443 e. The monoisotopic (exact) mass is 194 g/mol. The van der Waals surface area contributed by atoms with E-state index in [-0.39, 0.29) is 0 Å². The van der Waals surface area contributed by atoms with Crippen LogP contribution in [0.4, 0.5) is 0 Å². The van der Waals surface area contributed by atoms with Gasteiger partial charge >= 0.3 is 0 Å². The highest BCUT2D eigenvalue weighted by molar-refractivity contribution is 7.15. The molecule has 2 rings (SSSR count). The van der Waals surface area contributed by atoms with Crippen LogP contribution in [0, 0.1) is 0 Å². The van der Waals surface area contributed by atoms with Crippen LogP contribution in [0.25, 0.3) is 10.6 Å². The zero-order valence-electron chi connectivity index (χ0n) is 7.52. The van der Waals surface area contributed by atoms with Crippen molar-refractivity contribution >= 4 is 11.3 Å². The number of thiazole rings is 1. The third-order valence-electron chi connectivity index (χ3n) is 1.69. The van der Waals surface area contributed by atoms with E-state index in [1.807, 2.05) is 6.20 Å². The predicted molar refractivity (Wildman–Crippen MR) is 51.7 cm³/mol. The van der Waals surface area contributed by atoms with Crippen LogP contribution in [0.2, 0.25) is 0 Å². The average molecular weight is 194 g/mol. The van der Waals surface area contributed by atoms with Crippen molar-refractivity contribution in [3.63, 3.8) is 0 Å². The number of oxazole rings is 1. The van der Waals surface area contributed by atoms with Crippen molar-refractivity contribution in [3.8, 4) is 10.6 Å². The van der Waals surface area contributed by atoms with Crippen LogP contribution < -0.4 is 0 Å². The number of hydrogen-bond donors (Lipinski definition) is 0. The maximum Gasteiger partial charge on any atom is 0.181 e. The second-order valence-corrected chi connectivity index (χ2v) is 4.15. The molecule has 0 spiro atoms. The molecule has 2 aromatic heterocycles. The molecule has 0 atom stereocenters. The molecule has 0 saturated carbocycles. The van der Waals surface area contributed by atoms with Crippen molar-refractivity contribution in [2.75, 3.05) is 0 Å². The highest BCUT2D eigenvalue weighted by atomic mass is 32.1. The molecule has 0 aliphatic carbocycles. The van der Waals surface area contributed by atoms with Crippen LogP contribution in [-0.2, 0) is 0 Å². The molecule has 0 aliphatic heterocycles. The van der Waals surface area contributed by atoms with Gasteiger partial charge in [-0.2, -0.15) is 0 Å². The summed E-state index contributed by atoms with van der Waals surface area (Å²) < 4.78 is 5.17. The van der Waals surface area contributed by atoms with Crippen molar-refractivity contribution < 1.29 is 4.42 Å². The molecule has 0 amide bonds. The normalized spacial score (nSPS) is 11.0. The Bertz CT molecular complexity index is 378. The van der Waals surface area contributed by atoms with Gasteiger partial charge in [0.15, 0.2) is 12.2 Å². The van der Waals surface area contributed by atoms with Crippen molar-refractivity contribution in [2.24, 2.45) is 0 Å². The third-order valence-corrected chi connectivity index (χ3v) is 3.01. The lowest BCUT2D eigenvalue weighted by atomic mass is 10.2. The van der Waals surface area contributed by atoms with E-state index in [2.05, 4.69) is 23.8 Å². The predicted octanol–water partition coefficient (Wildman–Crippen LogP) is 2.92. The maximum atomic E-state index is 5.17. The fraction of sp³-hybridized carbons (Fsp3) is 0.333. The average Bonchev–Trinajstić information content (AvgIpc) is 2.75. The molecule has 0 bridgehead atoms. The zero-order valence-corrected chi connectivity index (χ0v) is 8.34. The third kappa shape index (κ3) is 1.62. The number of nitrogens with zero attached hydrogens (tertiary/aromatic N) is 2. The summed E-state index contributed by atoms with van der Waals surface area (Å²) in [6.07, 6.45) is 4.97. The highest BCUT2D eigenvalue weighted by Crippen LogP contribution is 2.29. The van der Waals surface area contributed by atoms with Gasteiger partial charge in [-0.25, -0.2) is 9.97 Å². The van der Waals surface area contributed by atoms with Gasteiger partial charge in [0.05, 0.1) is 16.1 Å². The van der Waals surface area contributed by atoms with Gasteiger partial charge in [0.1, 0.15) is 0 Å². The number of hydrogen-bond acceptors (Lipinski definition) is 4. The first-order chi connectivity index (χ1) is 6.27. The number of rotatable bonds is 2. The van der Waals surface area contributed by atoms with E-state index < -0.39 is 0 Å². The van der Waals surface area contributed by atoms with Crippen LogP contribution in [-0.4, -0.2) is 9.97 Å². The molecular formula is C9H10N2OS. The molecular weight excluding hydrogens is 184 g/mol. The van der Waals surface area contributed by atoms with E-state index >= 15 is 0 Å². The van der Waals surface area contributed by atoms with E-state index in [9.17, 15) is 0 Å². The lowest BCUT2D eigenvalue weighted by molar-refractivity contribution is 0.573. The Balaban J connectivity index is 2.33.